The van der Waals surface area contributed by atoms with Crippen LogP contribution >= 0.6 is 43.5 Å². The number of rotatable bonds is 5. The van der Waals surface area contributed by atoms with E-state index in [2.05, 4.69) is 36.9 Å². The largest absolute Gasteiger partial charge is 0.421 e. The zero-order chi connectivity index (χ0) is 25.3. The van der Waals surface area contributed by atoms with Crippen molar-refractivity contribution in [1.82, 2.24) is 0 Å². The van der Waals surface area contributed by atoms with Crippen molar-refractivity contribution < 1.29 is 24.0 Å². The maximum atomic E-state index is 12.5. The van der Waals surface area contributed by atoms with Crippen LogP contribution in [0.15, 0.2) is 74.2 Å². The Balaban J connectivity index is 1.61. The van der Waals surface area contributed by atoms with Crippen LogP contribution in [0.3, 0.4) is 0 Å². The normalized spacial score (nSPS) is 14.0. The number of nitro benzene ring substituents is 1. The standard InChI is InChI=1S/C24H13Br2ClN2O6/c1-12-16(3-2-4-20(12)29(32)33)22-28-19(24(31)35-22)11-13-9-17(25)21(18(26)10-13)34-23(30)14-5-7-15(27)8-6-14/h2-11H,1H3/b19-11-. The number of ether oxygens (including phenoxy) is 2. The number of nitro groups is 1. The molecule has 0 N–H and O–H groups in total. The van der Waals surface area contributed by atoms with E-state index in [4.69, 9.17) is 21.1 Å². The van der Waals surface area contributed by atoms with Gasteiger partial charge in [-0.1, -0.05) is 17.7 Å². The summed E-state index contributed by atoms with van der Waals surface area (Å²) in [5.74, 6) is -1.04. The highest BCUT2D eigenvalue weighted by atomic mass is 79.9. The van der Waals surface area contributed by atoms with Crippen molar-refractivity contribution in [3.05, 3.63) is 107 Å². The molecule has 0 radical (unpaired) electrons. The number of benzene rings is 3. The summed E-state index contributed by atoms with van der Waals surface area (Å²) < 4.78 is 11.7. The molecule has 0 unspecified atom stereocenters. The van der Waals surface area contributed by atoms with Gasteiger partial charge in [0.1, 0.15) is 0 Å². The molecule has 0 aromatic heterocycles. The van der Waals surface area contributed by atoms with Crippen LogP contribution in [0.4, 0.5) is 5.69 Å². The molecule has 3 aromatic carbocycles. The third kappa shape index (κ3) is 5.34. The van der Waals surface area contributed by atoms with Crippen molar-refractivity contribution in [2.75, 3.05) is 0 Å². The number of aliphatic imine (C=N–C) groups is 1. The molecule has 1 aliphatic rings. The summed E-state index contributed by atoms with van der Waals surface area (Å²) >= 11 is 12.6. The van der Waals surface area contributed by atoms with Gasteiger partial charge in [0, 0.05) is 22.2 Å². The fourth-order valence-corrected chi connectivity index (χ4v) is 4.74. The molecule has 0 atom stereocenters. The van der Waals surface area contributed by atoms with Gasteiger partial charge in [-0.3, -0.25) is 10.1 Å². The van der Waals surface area contributed by atoms with Crippen LogP contribution in [0.25, 0.3) is 6.08 Å². The highest BCUT2D eigenvalue weighted by molar-refractivity contribution is 9.11. The molecule has 0 fully saturated rings. The summed E-state index contributed by atoms with van der Waals surface area (Å²) in [6.07, 6.45) is 1.49. The molecule has 8 nitrogen and oxygen atoms in total. The number of carbonyl (C=O) groups is 2. The van der Waals surface area contributed by atoms with Crippen LogP contribution in [-0.2, 0) is 9.53 Å². The fourth-order valence-electron chi connectivity index (χ4n) is 3.23. The second-order valence-electron chi connectivity index (χ2n) is 7.25. The molecule has 4 rings (SSSR count). The SMILES string of the molecule is Cc1c(C2=N/C(=C\c3cc(Br)c(OC(=O)c4ccc(Cl)cc4)c(Br)c3)C(=O)O2)cccc1[N+](=O)[O-]. The molecule has 0 amide bonds. The number of esters is 2. The predicted molar refractivity (Wildman–Crippen MR) is 137 cm³/mol. The Morgan fingerprint density at radius 2 is 1.80 bits per heavy atom. The van der Waals surface area contributed by atoms with Gasteiger partial charge in [0.25, 0.3) is 5.69 Å². The molecule has 1 heterocycles. The third-order valence-corrected chi connectivity index (χ3v) is 6.38. The van der Waals surface area contributed by atoms with Crippen molar-refractivity contribution in [2.24, 2.45) is 4.99 Å². The van der Waals surface area contributed by atoms with E-state index in [-0.39, 0.29) is 23.0 Å². The zero-order valence-corrected chi connectivity index (χ0v) is 21.7. The van der Waals surface area contributed by atoms with E-state index in [0.29, 0.717) is 36.2 Å². The highest BCUT2D eigenvalue weighted by Gasteiger charge is 2.27. The van der Waals surface area contributed by atoms with E-state index in [0.717, 1.165) is 0 Å². The summed E-state index contributed by atoms with van der Waals surface area (Å²) in [5, 5.41) is 11.7. The minimum atomic E-state index is -0.698. The van der Waals surface area contributed by atoms with Gasteiger partial charge in [-0.15, -0.1) is 0 Å². The third-order valence-electron chi connectivity index (χ3n) is 4.95. The summed E-state index contributed by atoms with van der Waals surface area (Å²) in [7, 11) is 0. The quantitative estimate of drug-likeness (QED) is 0.104. The van der Waals surface area contributed by atoms with Crippen molar-refractivity contribution in [1.29, 1.82) is 0 Å². The molecule has 0 aliphatic carbocycles. The second kappa shape index (κ2) is 10.1. The molecular weight excluding hydrogens is 608 g/mol. The van der Waals surface area contributed by atoms with Crippen LogP contribution < -0.4 is 4.74 Å². The molecule has 0 bridgehead atoms. The molecule has 0 saturated heterocycles. The highest BCUT2D eigenvalue weighted by Crippen LogP contribution is 2.36. The van der Waals surface area contributed by atoms with Gasteiger partial charge in [-0.2, -0.15) is 0 Å². The van der Waals surface area contributed by atoms with Crippen LogP contribution in [-0.4, -0.2) is 22.8 Å². The Morgan fingerprint density at radius 3 is 2.43 bits per heavy atom. The predicted octanol–water partition coefficient (Wildman–Crippen LogP) is 6.65. The molecule has 11 heteroatoms. The van der Waals surface area contributed by atoms with E-state index < -0.39 is 16.9 Å². The van der Waals surface area contributed by atoms with Crippen LogP contribution in [0.5, 0.6) is 5.75 Å². The Morgan fingerprint density at radius 1 is 1.14 bits per heavy atom. The first-order valence-electron chi connectivity index (χ1n) is 9.88. The Labute approximate surface area is 220 Å². The lowest BCUT2D eigenvalue weighted by Crippen LogP contribution is -2.09. The molecule has 1 aliphatic heterocycles. The number of hydrogen-bond acceptors (Lipinski definition) is 7. The van der Waals surface area contributed by atoms with Crippen LogP contribution in [0.2, 0.25) is 5.02 Å². The molecule has 176 valence electrons. The lowest BCUT2D eigenvalue weighted by molar-refractivity contribution is -0.385. The van der Waals surface area contributed by atoms with Gasteiger partial charge in [-0.25, -0.2) is 14.6 Å². The Bertz CT molecular complexity index is 1430. The topological polar surface area (TPSA) is 108 Å². The van der Waals surface area contributed by atoms with Gasteiger partial charge in [0.15, 0.2) is 11.4 Å². The lowest BCUT2D eigenvalue weighted by Gasteiger charge is -2.10. The van der Waals surface area contributed by atoms with Crippen molar-refractivity contribution in [3.63, 3.8) is 0 Å². The summed E-state index contributed by atoms with van der Waals surface area (Å²) in [5.41, 5.74) is 1.48. The van der Waals surface area contributed by atoms with E-state index in [1.54, 1.807) is 49.4 Å². The number of cyclic esters (lactones) is 1. The van der Waals surface area contributed by atoms with Gasteiger partial charge in [0.05, 0.1) is 19.4 Å². The lowest BCUT2D eigenvalue weighted by atomic mass is 10.1. The zero-order valence-electron chi connectivity index (χ0n) is 17.8. The fraction of sp³-hybridized carbons (Fsp3) is 0.0417. The van der Waals surface area contributed by atoms with Gasteiger partial charge in [-0.05, 0) is 92.9 Å². The summed E-state index contributed by atoms with van der Waals surface area (Å²) in [6.45, 7) is 1.56. The van der Waals surface area contributed by atoms with Crippen molar-refractivity contribution in [2.45, 2.75) is 6.92 Å². The smallest absolute Gasteiger partial charge is 0.363 e. The molecule has 0 saturated carbocycles. The first kappa shape index (κ1) is 24.8. The monoisotopic (exact) mass is 618 g/mol. The first-order valence-corrected chi connectivity index (χ1v) is 11.8. The average Bonchev–Trinajstić information content (AvgIpc) is 3.16. The first-order chi connectivity index (χ1) is 16.6. The van der Waals surface area contributed by atoms with Crippen molar-refractivity contribution >= 4 is 73.1 Å². The summed E-state index contributed by atoms with van der Waals surface area (Å²) in [4.78, 5) is 39.8. The number of halogens is 3. The minimum Gasteiger partial charge on any atom is -0.421 e. The maximum Gasteiger partial charge on any atom is 0.363 e. The van der Waals surface area contributed by atoms with E-state index in [1.165, 1.54) is 18.2 Å². The van der Waals surface area contributed by atoms with Crippen molar-refractivity contribution in [3.8, 4) is 5.75 Å². The number of carbonyl (C=O) groups excluding carboxylic acids is 2. The molecule has 3 aromatic rings. The molecule has 0 spiro atoms. The molecule has 35 heavy (non-hydrogen) atoms. The van der Waals surface area contributed by atoms with Crippen LogP contribution in [0, 0.1) is 17.0 Å². The second-order valence-corrected chi connectivity index (χ2v) is 9.40. The van der Waals surface area contributed by atoms with E-state index in [9.17, 15) is 19.7 Å². The summed E-state index contributed by atoms with van der Waals surface area (Å²) in [6, 6.07) is 14.0. The average molecular weight is 621 g/mol. The number of hydrogen-bond donors (Lipinski definition) is 0. The molecular formula is C24H13Br2ClN2O6. The maximum absolute atomic E-state index is 12.5. The van der Waals surface area contributed by atoms with Gasteiger partial charge >= 0.3 is 11.9 Å². The van der Waals surface area contributed by atoms with Crippen LogP contribution in [0.1, 0.15) is 27.0 Å². The Hall–Kier alpha value is -3.34. The van der Waals surface area contributed by atoms with E-state index >= 15 is 0 Å². The van der Waals surface area contributed by atoms with Gasteiger partial charge in [0.2, 0.25) is 5.90 Å². The van der Waals surface area contributed by atoms with E-state index in [1.807, 2.05) is 0 Å². The van der Waals surface area contributed by atoms with Gasteiger partial charge < -0.3 is 9.47 Å². The Kier molecular flexibility index (Phi) is 7.15. The number of nitrogens with zero attached hydrogens (tertiary/aromatic N) is 2. The minimum absolute atomic E-state index is 0.00983.